The maximum absolute atomic E-state index is 11.9. The monoisotopic (exact) mass is 406 g/mol. The van der Waals surface area contributed by atoms with Gasteiger partial charge in [-0.3, -0.25) is 9.19 Å². The van der Waals surface area contributed by atoms with Crippen LogP contribution in [0.25, 0.3) is 32.7 Å². The molecule has 0 atom stereocenters. The van der Waals surface area contributed by atoms with Gasteiger partial charge in [0.2, 0.25) is 0 Å². The van der Waals surface area contributed by atoms with Crippen LogP contribution in [0.1, 0.15) is 0 Å². The normalized spacial score (nSPS) is 15.2. The van der Waals surface area contributed by atoms with Crippen molar-refractivity contribution in [3.05, 3.63) is 60.2 Å². The summed E-state index contributed by atoms with van der Waals surface area (Å²) >= 11 is 1.64. The van der Waals surface area contributed by atoms with E-state index in [2.05, 4.69) is 27.4 Å². The molecule has 1 aromatic carbocycles. The summed E-state index contributed by atoms with van der Waals surface area (Å²) in [6.45, 7) is 1.49. The average molecular weight is 407 g/mol. The minimum absolute atomic E-state index is 0.679. The minimum Gasteiger partial charge on any atom is -0.354 e. The summed E-state index contributed by atoms with van der Waals surface area (Å²) < 4.78 is 11.9. The van der Waals surface area contributed by atoms with Crippen LogP contribution in [-0.2, 0) is 10.8 Å². The third kappa shape index (κ3) is 3.21. The molecule has 0 bridgehead atoms. The third-order valence-corrected chi connectivity index (χ3v) is 7.04. The SMILES string of the molecule is O=S1CCN(c2nc(-c3cccnc3)nc3scc(-c4ccccc4)c23)CC1. The number of fused-ring (bicyclic) bond motifs is 1. The number of thiophene rings is 1. The van der Waals surface area contributed by atoms with Crippen molar-refractivity contribution in [2.45, 2.75) is 0 Å². The molecule has 1 aliphatic rings. The Hall–Kier alpha value is -2.64. The highest BCUT2D eigenvalue weighted by Crippen LogP contribution is 2.39. The Bertz CT molecular complexity index is 1140. The second-order valence-corrected chi connectivity index (χ2v) is 9.20. The molecule has 5 rings (SSSR count). The van der Waals surface area contributed by atoms with Gasteiger partial charge in [0.25, 0.3) is 0 Å². The quantitative estimate of drug-likeness (QED) is 0.515. The predicted octanol–water partition coefficient (Wildman–Crippen LogP) is 3.99. The zero-order chi connectivity index (χ0) is 18.9. The molecule has 0 amide bonds. The van der Waals surface area contributed by atoms with Gasteiger partial charge in [0.1, 0.15) is 10.6 Å². The Kier molecular flexibility index (Phi) is 4.62. The van der Waals surface area contributed by atoms with E-state index in [0.717, 1.165) is 45.8 Å². The number of rotatable bonds is 3. The van der Waals surface area contributed by atoms with Gasteiger partial charge in [-0.05, 0) is 17.7 Å². The number of aromatic nitrogens is 3. The van der Waals surface area contributed by atoms with Crippen molar-refractivity contribution in [1.29, 1.82) is 0 Å². The lowest BCUT2D eigenvalue weighted by molar-refractivity contribution is 0.672. The fourth-order valence-corrected chi connectivity index (χ4v) is 5.45. The Morgan fingerprint density at radius 2 is 1.75 bits per heavy atom. The van der Waals surface area contributed by atoms with Crippen LogP contribution in [0, 0.1) is 0 Å². The average Bonchev–Trinajstić information content (AvgIpc) is 3.19. The van der Waals surface area contributed by atoms with Gasteiger partial charge in [-0.15, -0.1) is 11.3 Å². The van der Waals surface area contributed by atoms with Crippen LogP contribution < -0.4 is 4.90 Å². The van der Waals surface area contributed by atoms with Crippen molar-refractivity contribution < 1.29 is 4.21 Å². The van der Waals surface area contributed by atoms with Crippen molar-refractivity contribution in [2.24, 2.45) is 0 Å². The van der Waals surface area contributed by atoms with Crippen molar-refractivity contribution in [3.63, 3.8) is 0 Å². The Balaban J connectivity index is 1.72. The van der Waals surface area contributed by atoms with E-state index in [0.29, 0.717) is 17.3 Å². The molecule has 0 spiro atoms. The summed E-state index contributed by atoms with van der Waals surface area (Å²) in [5.41, 5.74) is 3.22. The van der Waals surface area contributed by atoms with E-state index in [9.17, 15) is 4.21 Å². The highest BCUT2D eigenvalue weighted by molar-refractivity contribution is 7.85. The number of benzene rings is 1. The van der Waals surface area contributed by atoms with Gasteiger partial charge < -0.3 is 4.90 Å². The predicted molar refractivity (Wildman–Crippen MR) is 116 cm³/mol. The zero-order valence-corrected chi connectivity index (χ0v) is 16.7. The fourth-order valence-electron chi connectivity index (χ4n) is 3.46. The molecule has 5 nitrogen and oxygen atoms in total. The van der Waals surface area contributed by atoms with Gasteiger partial charge in [-0.2, -0.15) is 0 Å². The second-order valence-electron chi connectivity index (χ2n) is 6.64. The second kappa shape index (κ2) is 7.41. The standard InChI is InChI=1S/C21H18N4OS2/c26-28-11-9-25(10-12-28)20-18-17(15-5-2-1-3-6-15)14-27-21(18)24-19(23-20)16-7-4-8-22-13-16/h1-8,13-14H,9-12H2. The summed E-state index contributed by atoms with van der Waals surface area (Å²) in [7, 11) is -0.734. The number of hydrogen-bond donors (Lipinski definition) is 0. The van der Waals surface area contributed by atoms with Crippen LogP contribution in [0.5, 0.6) is 0 Å². The first kappa shape index (κ1) is 17.5. The Morgan fingerprint density at radius 3 is 2.50 bits per heavy atom. The van der Waals surface area contributed by atoms with E-state index in [1.807, 2.05) is 30.3 Å². The molecule has 0 N–H and O–H groups in total. The molecule has 0 radical (unpaired) electrons. The van der Waals surface area contributed by atoms with Crippen molar-refractivity contribution in [2.75, 3.05) is 29.5 Å². The highest BCUT2D eigenvalue weighted by Gasteiger charge is 2.23. The highest BCUT2D eigenvalue weighted by atomic mass is 32.2. The van der Waals surface area contributed by atoms with E-state index < -0.39 is 10.8 Å². The van der Waals surface area contributed by atoms with E-state index in [1.54, 1.807) is 23.7 Å². The van der Waals surface area contributed by atoms with Crippen LogP contribution in [0.2, 0.25) is 0 Å². The molecule has 0 unspecified atom stereocenters. The van der Waals surface area contributed by atoms with Gasteiger partial charge in [-0.25, -0.2) is 9.97 Å². The molecule has 3 aromatic heterocycles. The maximum atomic E-state index is 11.9. The van der Waals surface area contributed by atoms with Crippen molar-refractivity contribution >= 4 is 38.2 Å². The number of hydrogen-bond acceptors (Lipinski definition) is 6. The zero-order valence-electron chi connectivity index (χ0n) is 15.1. The lowest BCUT2D eigenvalue weighted by atomic mass is 10.1. The van der Waals surface area contributed by atoms with Gasteiger partial charge in [0.15, 0.2) is 5.82 Å². The van der Waals surface area contributed by atoms with Gasteiger partial charge in [0, 0.05) is 64.3 Å². The van der Waals surface area contributed by atoms with Gasteiger partial charge in [0.05, 0.1) is 5.39 Å². The number of nitrogens with zero attached hydrogens (tertiary/aromatic N) is 4. The summed E-state index contributed by atoms with van der Waals surface area (Å²) in [6.07, 6.45) is 3.55. The van der Waals surface area contributed by atoms with Crippen molar-refractivity contribution in [3.8, 4) is 22.5 Å². The van der Waals surface area contributed by atoms with Crippen LogP contribution >= 0.6 is 11.3 Å². The third-order valence-electron chi connectivity index (χ3n) is 4.90. The van der Waals surface area contributed by atoms with Crippen LogP contribution in [0.4, 0.5) is 5.82 Å². The molecule has 0 saturated carbocycles. The first-order valence-electron chi connectivity index (χ1n) is 9.14. The first-order valence-corrected chi connectivity index (χ1v) is 11.5. The molecule has 0 aliphatic carbocycles. The topological polar surface area (TPSA) is 59.0 Å². The molecule has 1 saturated heterocycles. The Morgan fingerprint density at radius 1 is 0.964 bits per heavy atom. The largest absolute Gasteiger partial charge is 0.354 e. The van der Waals surface area contributed by atoms with Gasteiger partial charge >= 0.3 is 0 Å². The minimum atomic E-state index is -0.734. The number of anilines is 1. The van der Waals surface area contributed by atoms with Crippen LogP contribution in [-0.4, -0.2) is 43.8 Å². The molecular formula is C21H18N4OS2. The molecule has 1 fully saturated rings. The van der Waals surface area contributed by atoms with E-state index >= 15 is 0 Å². The lowest BCUT2D eigenvalue weighted by Crippen LogP contribution is -2.38. The molecular weight excluding hydrogens is 388 g/mol. The number of pyridine rings is 1. The molecule has 7 heteroatoms. The smallest absolute Gasteiger partial charge is 0.164 e. The molecule has 28 heavy (non-hydrogen) atoms. The molecule has 140 valence electrons. The van der Waals surface area contributed by atoms with Gasteiger partial charge in [-0.1, -0.05) is 30.3 Å². The van der Waals surface area contributed by atoms with E-state index in [-0.39, 0.29) is 0 Å². The van der Waals surface area contributed by atoms with E-state index in [4.69, 9.17) is 9.97 Å². The fraction of sp³-hybridized carbons (Fsp3) is 0.190. The Labute approximate surface area is 169 Å². The summed E-state index contributed by atoms with van der Waals surface area (Å²) in [6, 6.07) is 14.2. The van der Waals surface area contributed by atoms with Crippen LogP contribution in [0.15, 0.2) is 60.2 Å². The molecule has 4 aromatic rings. The molecule has 4 heterocycles. The lowest BCUT2D eigenvalue weighted by Gasteiger charge is -2.28. The summed E-state index contributed by atoms with van der Waals surface area (Å²) in [5, 5.41) is 3.24. The summed E-state index contributed by atoms with van der Waals surface area (Å²) in [5.74, 6) is 2.97. The first-order chi connectivity index (χ1) is 13.8. The molecule has 1 aliphatic heterocycles. The van der Waals surface area contributed by atoms with Crippen LogP contribution in [0.3, 0.4) is 0 Å². The van der Waals surface area contributed by atoms with E-state index in [1.165, 1.54) is 0 Å². The maximum Gasteiger partial charge on any atom is 0.164 e. The van der Waals surface area contributed by atoms with Crippen molar-refractivity contribution in [1.82, 2.24) is 15.0 Å². The summed E-state index contributed by atoms with van der Waals surface area (Å²) in [4.78, 5) is 17.2.